The number of unbranched alkanes of at least 4 members (excludes halogenated alkanes) is 4. The predicted molar refractivity (Wildman–Crippen MR) is 243 cm³/mol. The Bertz CT molecular complexity index is 2410. The molecule has 7 rings (SSSR count). The highest BCUT2D eigenvalue weighted by atomic mass is 16.5. The van der Waals surface area contributed by atoms with Crippen LogP contribution in [0, 0.1) is 13.8 Å². The van der Waals surface area contributed by atoms with Gasteiger partial charge in [-0.05, 0) is 87.9 Å². The maximum absolute atomic E-state index is 13.6. The standard InChI is InChI=1S/C46H59N11O5/c1-30-35(44(60)52-39-19-20-41(51-39)62-4)15-12-16-37(30)47-21-10-6-5-7-11-22-48-40(59)29-55-23-25-56(26-24-55)34-17-18-38(49-27-34)53-46-50-28-36-31(2)42(32(3)58)45(61)57(43(36)54-46)33-13-8-9-14-33/h12,15-20,27-28,33,47,51H,5-11,13-14,21-26,29H2,1-4H3,(H,48,59)(H,52,60)(H,49,50,53,54). The number of hydrogen-bond donors (Lipinski definition) is 5. The zero-order valence-electron chi connectivity index (χ0n) is 36.3. The van der Waals surface area contributed by atoms with Crippen LogP contribution in [0.25, 0.3) is 11.0 Å². The quantitative estimate of drug-likeness (QED) is 0.0435. The number of Topliss-reactive ketones (excluding diaryl/α,β-unsaturated/α-hetero) is 1. The summed E-state index contributed by atoms with van der Waals surface area (Å²) in [6, 6.07) is 13.2. The van der Waals surface area contributed by atoms with E-state index in [1.165, 1.54) is 6.92 Å². The summed E-state index contributed by atoms with van der Waals surface area (Å²) >= 11 is 0. The number of rotatable bonds is 19. The summed E-state index contributed by atoms with van der Waals surface area (Å²) in [7, 11) is 1.57. The second kappa shape index (κ2) is 20.5. The van der Waals surface area contributed by atoms with Crippen molar-refractivity contribution in [1.82, 2.24) is 34.7 Å². The molecule has 5 aromatic rings. The van der Waals surface area contributed by atoms with Gasteiger partial charge in [-0.2, -0.15) is 4.98 Å². The fourth-order valence-electron chi connectivity index (χ4n) is 8.55. The molecule has 4 aromatic heterocycles. The normalized spacial score (nSPS) is 14.5. The molecule has 5 heterocycles. The average Bonchev–Trinajstić information content (AvgIpc) is 3.97. The molecule has 2 fully saturated rings. The Kier molecular flexibility index (Phi) is 14.5. The average molecular weight is 846 g/mol. The first-order valence-corrected chi connectivity index (χ1v) is 21.9. The van der Waals surface area contributed by atoms with Gasteiger partial charge in [-0.25, -0.2) is 9.97 Å². The van der Waals surface area contributed by atoms with Gasteiger partial charge in [-0.3, -0.25) is 28.6 Å². The number of fused-ring (bicyclic) bond motifs is 1. The van der Waals surface area contributed by atoms with Gasteiger partial charge in [0, 0.05) is 74.2 Å². The molecule has 1 aromatic carbocycles. The highest BCUT2D eigenvalue weighted by Crippen LogP contribution is 2.32. The first kappa shape index (κ1) is 43.8. The van der Waals surface area contributed by atoms with Crippen molar-refractivity contribution >= 4 is 57.6 Å². The molecule has 0 unspecified atom stereocenters. The Morgan fingerprint density at radius 1 is 0.871 bits per heavy atom. The summed E-state index contributed by atoms with van der Waals surface area (Å²) < 4.78 is 6.86. The monoisotopic (exact) mass is 845 g/mol. The highest BCUT2D eigenvalue weighted by molar-refractivity contribution is 6.05. The molecule has 16 heteroatoms. The maximum atomic E-state index is 13.6. The van der Waals surface area contributed by atoms with Crippen LogP contribution in [-0.2, 0) is 4.79 Å². The molecule has 0 radical (unpaired) electrons. The Balaban J connectivity index is 0.780. The van der Waals surface area contributed by atoms with Crippen LogP contribution in [0.1, 0.15) is 103 Å². The van der Waals surface area contributed by atoms with Crippen LogP contribution < -0.4 is 36.5 Å². The first-order chi connectivity index (χ1) is 30.1. The van der Waals surface area contributed by atoms with Crippen molar-refractivity contribution in [3.63, 3.8) is 0 Å². The number of hydrogen-bond acceptors (Lipinski definition) is 12. The molecule has 0 spiro atoms. The molecule has 16 nitrogen and oxygen atoms in total. The Morgan fingerprint density at radius 2 is 1.63 bits per heavy atom. The van der Waals surface area contributed by atoms with Crippen molar-refractivity contribution in [2.24, 2.45) is 0 Å². The van der Waals surface area contributed by atoms with Crippen molar-refractivity contribution in [2.45, 2.75) is 84.6 Å². The number of piperazine rings is 1. The highest BCUT2D eigenvalue weighted by Gasteiger charge is 2.26. The summed E-state index contributed by atoms with van der Waals surface area (Å²) in [5.74, 6) is 1.72. The molecule has 1 saturated carbocycles. The van der Waals surface area contributed by atoms with Gasteiger partial charge in [-0.1, -0.05) is 38.2 Å². The van der Waals surface area contributed by atoms with Crippen molar-refractivity contribution in [2.75, 3.05) is 73.8 Å². The number of carbonyl (C=O) groups is 3. The molecule has 328 valence electrons. The number of ketones is 1. The van der Waals surface area contributed by atoms with E-state index in [9.17, 15) is 19.2 Å². The van der Waals surface area contributed by atoms with E-state index in [1.807, 2.05) is 43.5 Å². The van der Waals surface area contributed by atoms with Gasteiger partial charge in [0.2, 0.25) is 11.9 Å². The lowest BCUT2D eigenvalue weighted by Gasteiger charge is -2.35. The van der Waals surface area contributed by atoms with Crippen LogP contribution in [0.15, 0.2) is 59.7 Å². The van der Waals surface area contributed by atoms with Crippen molar-refractivity contribution in [3.8, 4) is 5.88 Å². The molecule has 62 heavy (non-hydrogen) atoms. The number of pyridine rings is 2. The van der Waals surface area contributed by atoms with Gasteiger partial charge >= 0.3 is 0 Å². The Labute approximate surface area is 362 Å². The number of benzene rings is 1. The van der Waals surface area contributed by atoms with E-state index in [0.717, 1.165) is 107 Å². The fourth-order valence-corrected chi connectivity index (χ4v) is 8.55. The molecule has 2 aliphatic rings. The van der Waals surface area contributed by atoms with Crippen LogP contribution in [0.5, 0.6) is 5.88 Å². The van der Waals surface area contributed by atoms with E-state index < -0.39 is 0 Å². The summed E-state index contributed by atoms with van der Waals surface area (Å²) in [5.41, 5.74) is 4.57. The lowest BCUT2D eigenvalue weighted by atomic mass is 10.0. The largest absolute Gasteiger partial charge is 0.482 e. The summed E-state index contributed by atoms with van der Waals surface area (Å²) in [6.45, 7) is 10.2. The Morgan fingerprint density at radius 3 is 2.34 bits per heavy atom. The smallest absolute Gasteiger partial charge is 0.263 e. The van der Waals surface area contributed by atoms with Crippen molar-refractivity contribution in [1.29, 1.82) is 0 Å². The third-order valence-corrected chi connectivity index (χ3v) is 12.0. The van der Waals surface area contributed by atoms with E-state index in [2.05, 4.69) is 46.0 Å². The number of nitrogens with one attached hydrogen (secondary N) is 5. The van der Waals surface area contributed by atoms with Crippen LogP contribution >= 0.6 is 0 Å². The van der Waals surface area contributed by atoms with E-state index in [-0.39, 0.29) is 34.8 Å². The second-order valence-electron chi connectivity index (χ2n) is 16.3. The van der Waals surface area contributed by atoms with E-state index >= 15 is 0 Å². The maximum Gasteiger partial charge on any atom is 0.263 e. The first-order valence-electron chi connectivity index (χ1n) is 21.9. The van der Waals surface area contributed by atoms with Gasteiger partial charge in [0.25, 0.3) is 11.5 Å². The minimum atomic E-state index is -0.276. The number of nitrogens with zero attached hydrogens (tertiary/aromatic N) is 6. The second-order valence-corrected chi connectivity index (χ2v) is 16.3. The molecule has 1 aliphatic carbocycles. The third kappa shape index (κ3) is 10.6. The van der Waals surface area contributed by atoms with E-state index in [1.54, 1.807) is 36.9 Å². The van der Waals surface area contributed by atoms with Crippen LogP contribution in [0.4, 0.5) is 29.0 Å². The molecular formula is C46H59N11O5. The van der Waals surface area contributed by atoms with Crippen LogP contribution in [0.3, 0.4) is 0 Å². The molecule has 1 aliphatic heterocycles. The molecule has 5 N–H and O–H groups in total. The van der Waals surface area contributed by atoms with Gasteiger partial charge in [0.05, 0.1) is 31.1 Å². The summed E-state index contributed by atoms with van der Waals surface area (Å²) in [6.07, 6.45) is 12.6. The molecular weight excluding hydrogens is 787 g/mol. The molecule has 2 amide bonds. The Hall–Kier alpha value is -6.29. The number of anilines is 5. The van der Waals surface area contributed by atoms with E-state index in [0.29, 0.717) is 58.7 Å². The number of aromatic amines is 1. The molecule has 1 saturated heterocycles. The zero-order valence-corrected chi connectivity index (χ0v) is 36.3. The summed E-state index contributed by atoms with van der Waals surface area (Å²) in [4.78, 5) is 73.0. The van der Waals surface area contributed by atoms with Gasteiger partial charge in [-0.15, -0.1) is 0 Å². The SMILES string of the molecule is COc1ccc(NC(=O)c2cccc(NCCCCCCCNC(=O)CN3CCN(c4ccc(Nc5ncc6c(C)c(C(C)=O)c(=O)n(C7CCCC7)c6n5)nc4)CC3)c2C)[nH]1. The van der Waals surface area contributed by atoms with Crippen LogP contribution in [0.2, 0.25) is 0 Å². The van der Waals surface area contributed by atoms with E-state index in [4.69, 9.17) is 9.72 Å². The number of amides is 2. The summed E-state index contributed by atoms with van der Waals surface area (Å²) in [5, 5.41) is 13.4. The molecule has 0 bridgehead atoms. The van der Waals surface area contributed by atoms with Crippen molar-refractivity contribution in [3.05, 3.63) is 87.5 Å². The molecule has 0 atom stereocenters. The lowest BCUT2D eigenvalue weighted by molar-refractivity contribution is -0.122. The minimum Gasteiger partial charge on any atom is -0.482 e. The fraction of sp³-hybridized carbons (Fsp3) is 0.457. The van der Waals surface area contributed by atoms with Gasteiger partial charge in [0.15, 0.2) is 11.7 Å². The topological polar surface area (TPSA) is 191 Å². The number of aromatic nitrogens is 5. The number of carbonyl (C=O) groups excluding carboxylic acids is 3. The number of H-pyrrole nitrogens is 1. The number of methoxy groups -OCH3 is 1. The van der Waals surface area contributed by atoms with Crippen molar-refractivity contribution < 1.29 is 19.1 Å². The predicted octanol–water partition coefficient (Wildman–Crippen LogP) is 6.75. The number of aryl methyl sites for hydroxylation is 1. The minimum absolute atomic E-state index is 0.00763. The van der Waals surface area contributed by atoms with Gasteiger partial charge in [0.1, 0.15) is 17.3 Å². The zero-order chi connectivity index (χ0) is 43.6. The van der Waals surface area contributed by atoms with Gasteiger partial charge < -0.3 is 35.9 Å². The third-order valence-electron chi connectivity index (χ3n) is 12.0. The number of ether oxygens (including phenoxy) is 1. The van der Waals surface area contributed by atoms with Crippen LogP contribution in [-0.4, -0.2) is 99.9 Å². The lowest BCUT2D eigenvalue weighted by Crippen LogP contribution is -2.49.